The number of aromatic nitrogens is 3. The number of amides is 1. The molecule has 1 amide bonds. The fourth-order valence-corrected chi connectivity index (χ4v) is 3.34. The summed E-state index contributed by atoms with van der Waals surface area (Å²) in [5, 5.41) is 5.21. The summed E-state index contributed by atoms with van der Waals surface area (Å²) in [6.45, 7) is 4.64. The van der Waals surface area contributed by atoms with Gasteiger partial charge in [0.2, 0.25) is 0 Å². The van der Waals surface area contributed by atoms with Gasteiger partial charge in [-0.3, -0.25) is 4.79 Å². The summed E-state index contributed by atoms with van der Waals surface area (Å²) in [5.74, 6) is 0.0947. The number of carbonyl (C=O) groups excluding carboxylic acids is 1. The van der Waals surface area contributed by atoms with Crippen LogP contribution in [0.4, 0.5) is 4.39 Å². The number of halogens is 1. The first-order valence-electron chi connectivity index (χ1n) is 9.96. The van der Waals surface area contributed by atoms with Gasteiger partial charge in [-0.2, -0.15) is 5.10 Å². The predicted molar refractivity (Wildman–Crippen MR) is 109 cm³/mol. The van der Waals surface area contributed by atoms with E-state index in [2.05, 4.69) is 5.10 Å². The van der Waals surface area contributed by atoms with Gasteiger partial charge in [0, 0.05) is 24.7 Å². The lowest BCUT2D eigenvalue weighted by Gasteiger charge is -2.19. The van der Waals surface area contributed by atoms with Crippen molar-refractivity contribution in [3.05, 3.63) is 53.6 Å². The van der Waals surface area contributed by atoms with Crippen molar-refractivity contribution in [1.82, 2.24) is 19.7 Å². The van der Waals surface area contributed by atoms with Crippen LogP contribution in [-0.4, -0.2) is 45.8 Å². The third-order valence-electron chi connectivity index (χ3n) is 5.17. The van der Waals surface area contributed by atoms with Crippen molar-refractivity contribution in [3.8, 4) is 5.75 Å². The average Bonchev–Trinajstić information content (AvgIpc) is 3.46. The largest absolute Gasteiger partial charge is 0.489 e. The van der Waals surface area contributed by atoms with Crippen molar-refractivity contribution >= 4 is 16.9 Å². The monoisotopic (exact) mass is 396 g/mol. The van der Waals surface area contributed by atoms with E-state index in [-0.39, 0.29) is 24.3 Å². The molecule has 1 aromatic carbocycles. The van der Waals surface area contributed by atoms with E-state index in [1.165, 1.54) is 6.07 Å². The molecule has 0 atom stereocenters. The molecule has 4 rings (SSSR count). The molecule has 0 radical (unpaired) electrons. The zero-order chi connectivity index (χ0) is 20.5. The lowest BCUT2D eigenvalue weighted by atomic mass is 10.1. The van der Waals surface area contributed by atoms with Crippen LogP contribution in [0.3, 0.4) is 0 Å². The van der Waals surface area contributed by atoms with Gasteiger partial charge in [-0.25, -0.2) is 14.1 Å². The van der Waals surface area contributed by atoms with Crippen LogP contribution in [0.15, 0.2) is 36.5 Å². The quantitative estimate of drug-likeness (QED) is 0.601. The highest BCUT2D eigenvalue weighted by Gasteiger charge is 2.29. The maximum Gasteiger partial charge on any atom is 0.254 e. The maximum atomic E-state index is 13.7. The molecule has 1 saturated carbocycles. The Kier molecular flexibility index (Phi) is 5.22. The Morgan fingerprint density at radius 2 is 2.10 bits per heavy atom. The summed E-state index contributed by atoms with van der Waals surface area (Å²) in [7, 11) is 1.73. The lowest BCUT2D eigenvalue weighted by molar-refractivity contribution is 0.0774. The second-order valence-electron chi connectivity index (χ2n) is 7.79. The molecular weight excluding hydrogens is 371 g/mol. The Morgan fingerprint density at radius 3 is 2.79 bits per heavy atom. The van der Waals surface area contributed by atoms with E-state index in [4.69, 9.17) is 9.72 Å². The van der Waals surface area contributed by atoms with E-state index in [1.54, 1.807) is 36.3 Å². The second-order valence-corrected chi connectivity index (χ2v) is 7.79. The highest BCUT2D eigenvalue weighted by atomic mass is 19.1. The van der Waals surface area contributed by atoms with Crippen LogP contribution in [0, 0.1) is 5.82 Å². The van der Waals surface area contributed by atoms with E-state index < -0.39 is 5.82 Å². The maximum absolute atomic E-state index is 13.7. The number of pyridine rings is 1. The number of likely N-dealkylation sites (N-methyl/N-ethyl adjacent to an activating group) is 1. The van der Waals surface area contributed by atoms with Crippen LogP contribution in [0.1, 0.15) is 54.7 Å². The van der Waals surface area contributed by atoms with Crippen LogP contribution < -0.4 is 4.74 Å². The number of hydrogen-bond donors (Lipinski definition) is 0. The minimum absolute atomic E-state index is 0.111. The fraction of sp³-hybridized carbons (Fsp3) is 0.409. The van der Waals surface area contributed by atoms with Gasteiger partial charge in [0.15, 0.2) is 17.2 Å². The lowest BCUT2D eigenvalue weighted by Crippen LogP contribution is -2.31. The van der Waals surface area contributed by atoms with Gasteiger partial charge < -0.3 is 9.64 Å². The molecule has 0 spiro atoms. The van der Waals surface area contributed by atoms with Gasteiger partial charge in [-0.15, -0.1) is 0 Å². The van der Waals surface area contributed by atoms with Crippen molar-refractivity contribution < 1.29 is 13.9 Å². The summed E-state index contributed by atoms with van der Waals surface area (Å²) >= 11 is 0. The molecule has 0 unspecified atom stereocenters. The van der Waals surface area contributed by atoms with Crippen LogP contribution in [0.2, 0.25) is 0 Å². The first-order valence-corrected chi connectivity index (χ1v) is 9.96. The Labute approximate surface area is 169 Å². The number of benzene rings is 1. The molecule has 6 nitrogen and oxygen atoms in total. The number of carbonyl (C=O) groups is 1. The molecule has 0 bridgehead atoms. The standard InChI is InChI=1S/C22H25FN4O2/c1-14(2)27-21-17(13-24-27)16(12-19(25-21)15-8-9-15)22(28)26(3)10-11-29-20-7-5-4-6-18(20)23/h4-7,12-15H,8-11H2,1-3H3. The molecule has 7 heteroatoms. The SMILES string of the molecule is CC(C)n1ncc2c(C(=O)N(C)CCOc3ccccc3F)cc(C3CC3)nc21. The molecule has 3 aromatic rings. The molecule has 1 aliphatic rings. The zero-order valence-corrected chi connectivity index (χ0v) is 16.9. The molecule has 0 N–H and O–H groups in total. The Morgan fingerprint density at radius 1 is 1.34 bits per heavy atom. The number of ether oxygens (including phenoxy) is 1. The van der Waals surface area contributed by atoms with E-state index in [9.17, 15) is 9.18 Å². The van der Waals surface area contributed by atoms with Gasteiger partial charge in [0.25, 0.3) is 5.91 Å². The average molecular weight is 396 g/mol. The fourth-order valence-electron chi connectivity index (χ4n) is 3.34. The summed E-state index contributed by atoms with van der Waals surface area (Å²) in [6.07, 6.45) is 3.93. The minimum Gasteiger partial charge on any atom is -0.489 e. The van der Waals surface area contributed by atoms with Crippen molar-refractivity contribution in [2.24, 2.45) is 0 Å². The van der Waals surface area contributed by atoms with Crippen molar-refractivity contribution in [2.45, 2.75) is 38.6 Å². The molecule has 0 saturated heterocycles. The van der Waals surface area contributed by atoms with Gasteiger partial charge >= 0.3 is 0 Å². The molecule has 2 heterocycles. The van der Waals surface area contributed by atoms with E-state index >= 15 is 0 Å². The van der Waals surface area contributed by atoms with E-state index in [0.29, 0.717) is 18.0 Å². The van der Waals surface area contributed by atoms with Crippen LogP contribution in [0.5, 0.6) is 5.75 Å². The molecule has 0 aliphatic heterocycles. The highest BCUT2D eigenvalue weighted by Crippen LogP contribution is 2.40. The third-order valence-corrected chi connectivity index (χ3v) is 5.17. The summed E-state index contributed by atoms with van der Waals surface area (Å²) in [5.41, 5.74) is 2.32. The first-order chi connectivity index (χ1) is 14.0. The van der Waals surface area contributed by atoms with Gasteiger partial charge in [0.05, 0.1) is 23.7 Å². The Hall–Kier alpha value is -2.96. The number of fused-ring (bicyclic) bond motifs is 1. The zero-order valence-electron chi connectivity index (χ0n) is 16.9. The molecule has 1 fully saturated rings. The molecule has 152 valence electrons. The second kappa shape index (κ2) is 7.81. The van der Waals surface area contributed by atoms with Gasteiger partial charge in [-0.1, -0.05) is 12.1 Å². The summed E-state index contributed by atoms with van der Waals surface area (Å²) in [6, 6.07) is 8.32. The third kappa shape index (κ3) is 3.95. The van der Waals surface area contributed by atoms with E-state index in [1.807, 2.05) is 24.6 Å². The Balaban J connectivity index is 1.55. The Bertz CT molecular complexity index is 1040. The van der Waals surface area contributed by atoms with Crippen LogP contribution >= 0.6 is 0 Å². The topological polar surface area (TPSA) is 60.2 Å². The van der Waals surface area contributed by atoms with E-state index in [0.717, 1.165) is 29.6 Å². The molecule has 2 aromatic heterocycles. The van der Waals surface area contributed by atoms with Gasteiger partial charge in [-0.05, 0) is 44.9 Å². The highest BCUT2D eigenvalue weighted by molar-refractivity contribution is 6.05. The smallest absolute Gasteiger partial charge is 0.254 e. The van der Waals surface area contributed by atoms with Gasteiger partial charge in [0.1, 0.15) is 6.61 Å². The van der Waals surface area contributed by atoms with Crippen molar-refractivity contribution in [3.63, 3.8) is 0 Å². The number of para-hydroxylation sites is 1. The van der Waals surface area contributed by atoms with Crippen LogP contribution in [-0.2, 0) is 0 Å². The minimum atomic E-state index is -0.410. The molecular formula is C22H25FN4O2. The predicted octanol–water partition coefficient (Wildman–Crippen LogP) is 4.18. The summed E-state index contributed by atoms with van der Waals surface area (Å²) in [4.78, 5) is 19.6. The summed E-state index contributed by atoms with van der Waals surface area (Å²) < 4.78 is 21.0. The van der Waals surface area contributed by atoms with Crippen molar-refractivity contribution in [1.29, 1.82) is 0 Å². The number of hydrogen-bond acceptors (Lipinski definition) is 4. The first kappa shape index (κ1) is 19.4. The number of rotatable bonds is 7. The molecule has 1 aliphatic carbocycles. The van der Waals surface area contributed by atoms with Crippen LogP contribution in [0.25, 0.3) is 11.0 Å². The normalized spacial score (nSPS) is 13.8. The number of nitrogens with zero attached hydrogens (tertiary/aromatic N) is 4. The van der Waals surface area contributed by atoms with Crippen molar-refractivity contribution in [2.75, 3.05) is 20.2 Å². The molecule has 29 heavy (non-hydrogen) atoms.